The normalized spacial score (nSPS) is 12.3. The predicted octanol–water partition coefficient (Wildman–Crippen LogP) is 6.01. The molecule has 1 amide bonds. The third kappa shape index (κ3) is 7.54. The number of carbonyl (C=O) groups is 1. The molecule has 0 saturated carbocycles. The maximum absolute atomic E-state index is 12.4. The zero-order valence-electron chi connectivity index (χ0n) is 18.2. The molecular weight excluding hydrogens is 396 g/mol. The van der Waals surface area contributed by atoms with Crippen LogP contribution >= 0.6 is 0 Å². The highest BCUT2D eigenvalue weighted by Gasteiger charge is 2.04. The Morgan fingerprint density at radius 2 is 1.28 bits per heavy atom. The van der Waals surface area contributed by atoms with E-state index in [1.54, 1.807) is 30.6 Å². The molecule has 0 aliphatic heterocycles. The largest absolute Gasteiger partial charge is 0.278 e. The van der Waals surface area contributed by atoms with Crippen LogP contribution in [0, 0.1) is 0 Å². The molecule has 0 atom stereocenters. The highest BCUT2D eigenvalue weighted by atomic mass is 16.2. The maximum Gasteiger partial charge on any atom is 0.271 e. The fourth-order valence-corrected chi connectivity index (χ4v) is 2.89. The Bertz CT molecular complexity index is 1150. The van der Waals surface area contributed by atoms with Crippen molar-refractivity contribution in [2.24, 2.45) is 10.2 Å². The number of hydrogen-bond acceptors (Lipinski definition) is 4. The summed E-state index contributed by atoms with van der Waals surface area (Å²) in [5.74, 6) is -0.290. The molecule has 0 bridgehead atoms. The van der Waals surface area contributed by atoms with Gasteiger partial charge in [-0.15, -0.1) is 0 Å². The first-order valence-electron chi connectivity index (χ1n) is 10.3. The number of rotatable bonds is 8. The molecular formula is C27H26N4O. The lowest BCUT2D eigenvalue weighted by molar-refractivity contribution is 0.0955. The van der Waals surface area contributed by atoms with Gasteiger partial charge in [-0.3, -0.25) is 10.2 Å². The van der Waals surface area contributed by atoms with Crippen LogP contribution in [0.25, 0.3) is 12.2 Å². The summed E-state index contributed by atoms with van der Waals surface area (Å²) < 4.78 is 0. The third-order valence-electron chi connectivity index (χ3n) is 4.41. The number of carbonyl (C=O) groups excluding carboxylic acids is 1. The van der Waals surface area contributed by atoms with Crippen LogP contribution in [0.15, 0.2) is 106 Å². The Hall–Kier alpha value is -4.25. The standard InChI is InChI=1S/C27H26N4O/c1-21(16-23-10-5-3-6-11-23)19-28-30-26-15-9-14-25(18-26)27(32)31-29-20-22(2)17-24-12-7-4-8-13-24/h3-20,30H,1-2H3,(H,31,32)/b21-16+,22-17+,28-19+,29-20+. The lowest BCUT2D eigenvalue weighted by atomic mass is 10.1. The predicted molar refractivity (Wildman–Crippen MR) is 135 cm³/mol. The number of hydrogen-bond donors (Lipinski definition) is 2. The average molecular weight is 423 g/mol. The topological polar surface area (TPSA) is 65.8 Å². The molecule has 0 fully saturated rings. The minimum Gasteiger partial charge on any atom is -0.278 e. The van der Waals surface area contributed by atoms with Crippen LogP contribution in [-0.4, -0.2) is 18.3 Å². The van der Waals surface area contributed by atoms with E-state index in [0.717, 1.165) is 22.3 Å². The fourth-order valence-electron chi connectivity index (χ4n) is 2.89. The number of nitrogens with one attached hydrogen (secondary N) is 2. The van der Waals surface area contributed by atoms with Crippen LogP contribution in [0.1, 0.15) is 35.3 Å². The van der Waals surface area contributed by atoms with Gasteiger partial charge in [-0.05, 0) is 54.3 Å². The van der Waals surface area contributed by atoms with Crippen LogP contribution < -0.4 is 10.9 Å². The van der Waals surface area contributed by atoms with Crippen LogP contribution in [0.4, 0.5) is 5.69 Å². The van der Waals surface area contributed by atoms with Gasteiger partial charge in [0.25, 0.3) is 5.91 Å². The van der Waals surface area contributed by atoms with E-state index >= 15 is 0 Å². The van der Waals surface area contributed by atoms with E-state index in [0.29, 0.717) is 11.3 Å². The summed E-state index contributed by atoms with van der Waals surface area (Å²) in [6, 6.07) is 27.1. The minimum absolute atomic E-state index is 0.290. The second-order valence-electron chi connectivity index (χ2n) is 7.25. The number of benzene rings is 3. The highest BCUT2D eigenvalue weighted by molar-refractivity contribution is 5.96. The quantitative estimate of drug-likeness (QED) is 0.345. The Kier molecular flexibility index (Phi) is 8.28. The molecule has 2 N–H and O–H groups in total. The van der Waals surface area contributed by atoms with Gasteiger partial charge in [-0.25, -0.2) is 5.43 Å². The summed E-state index contributed by atoms with van der Waals surface area (Å²) in [6.07, 6.45) is 7.40. The zero-order chi connectivity index (χ0) is 22.6. The van der Waals surface area contributed by atoms with Crippen molar-refractivity contribution in [3.63, 3.8) is 0 Å². The smallest absolute Gasteiger partial charge is 0.271 e. The van der Waals surface area contributed by atoms with Crippen molar-refractivity contribution in [2.75, 3.05) is 5.43 Å². The molecule has 3 rings (SSSR count). The lowest BCUT2D eigenvalue weighted by Crippen LogP contribution is -2.17. The Morgan fingerprint density at radius 1 is 0.719 bits per heavy atom. The van der Waals surface area contributed by atoms with Crippen LogP contribution in [-0.2, 0) is 0 Å². The summed E-state index contributed by atoms with van der Waals surface area (Å²) in [5, 5.41) is 8.30. The second-order valence-corrected chi connectivity index (χ2v) is 7.25. The van der Waals surface area contributed by atoms with Crippen molar-refractivity contribution in [2.45, 2.75) is 13.8 Å². The van der Waals surface area contributed by atoms with Gasteiger partial charge < -0.3 is 0 Å². The molecule has 0 spiro atoms. The molecule has 5 nitrogen and oxygen atoms in total. The van der Waals surface area contributed by atoms with Crippen molar-refractivity contribution in [3.05, 3.63) is 113 Å². The van der Waals surface area contributed by atoms with Gasteiger partial charge in [0.05, 0.1) is 18.1 Å². The van der Waals surface area contributed by atoms with Crippen molar-refractivity contribution in [1.82, 2.24) is 5.43 Å². The van der Waals surface area contributed by atoms with Crippen molar-refractivity contribution < 1.29 is 4.79 Å². The molecule has 0 radical (unpaired) electrons. The summed E-state index contributed by atoms with van der Waals surface area (Å²) in [6.45, 7) is 3.91. The monoisotopic (exact) mass is 422 g/mol. The molecule has 0 unspecified atom stereocenters. The average Bonchev–Trinajstić information content (AvgIpc) is 2.80. The van der Waals surface area contributed by atoms with E-state index in [4.69, 9.17) is 0 Å². The van der Waals surface area contributed by atoms with Crippen molar-refractivity contribution in [1.29, 1.82) is 0 Å². The van der Waals surface area contributed by atoms with E-state index in [1.165, 1.54) is 0 Å². The van der Waals surface area contributed by atoms with Gasteiger partial charge in [0.1, 0.15) is 0 Å². The minimum atomic E-state index is -0.290. The number of allylic oxidation sites excluding steroid dienone is 2. The second kappa shape index (κ2) is 11.8. The molecule has 160 valence electrons. The maximum atomic E-state index is 12.4. The number of nitrogens with zero attached hydrogens (tertiary/aromatic N) is 2. The lowest BCUT2D eigenvalue weighted by Gasteiger charge is -2.04. The first kappa shape index (κ1) is 22.4. The summed E-state index contributed by atoms with van der Waals surface area (Å²) in [7, 11) is 0. The van der Waals surface area contributed by atoms with Crippen LogP contribution in [0.5, 0.6) is 0 Å². The first-order chi connectivity index (χ1) is 15.6. The van der Waals surface area contributed by atoms with E-state index in [2.05, 4.69) is 21.1 Å². The number of amides is 1. The highest BCUT2D eigenvalue weighted by Crippen LogP contribution is 2.11. The third-order valence-corrected chi connectivity index (χ3v) is 4.41. The van der Waals surface area contributed by atoms with Gasteiger partial charge in [0.2, 0.25) is 0 Å². The fraction of sp³-hybridized carbons (Fsp3) is 0.0741. The summed E-state index contributed by atoms with van der Waals surface area (Å²) >= 11 is 0. The first-order valence-corrected chi connectivity index (χ1v) is 10.3. The van der Waals surface area contributed by atoms with Gasteiger partial charge in [-0.1, -0.05) is 78.9 Å². The van der Waals surface area contributed by atoms with Crippen LogP contribution in [0.2, 0.25) is 0 Å². The van der Waals surface area contributed by atoms with Gasteiger partial charge >= 0.3 is 0 Å². The van der Waals surface area contributed by atoms with E-state index in [-0.39, 0.29) is 5.91 Å². The van der Waals surface area contributed by atoms with E-state index in [1.807, 2.05) is 92.7 Å². The zero-order valence-corrected chi connectivity index (χ0v) is 18.2. The van der Waals surface area contributed by atoms with E-state index in [9.17, 15) is 4.79 Å². The molecule has 0 aliphatic rings. The summed E-state index contributed by atoms with van der Waals surface area (Å²) in [4.78, 5) is 12.4. The number of hydrazone groups is 2. The molecule has 3 aromatic carbocycles. The van der Waals surface area contributed by atoms with Gasteiger partial charge in [-0.2, -0.15) is 10.2 Å². The molecule has 3 aromatic rings. The van der Waals surface area contributed by atoms with Crippen LogP contribution in [0.3, 0.4) is 0 Å². The molecule has 0 heterocycles. The van der Waals surface area contributed by atoms with Gasteiger partial charge in [0.15, 0.2) is 0 Å². The SMILES string of the molecule is CC(/C=N/NC(=O)c1cccc(N/N=C/C(C)=C/c2ccccc2)c1)=C\c1ccccc1. The van der Waals surface area contributed by atoms with Crippen molar-refractivity contribution in [3.8, 4) is 0 Å². The number of anilines is 1. The molecule has 0 saturated heterocycles. The Morgan fingerprint density at radius 3 is 1.88 bits per heavy atom. The molecule has 0 aromatic heterocycles. The van der Waals surface area contributed by atoms with E-state index < -0.39 is 0 Å². The molecule has 5 heteroatoms. The Balaban J connectivity index is 1.55. The molecule has 0 aliphatic carbocycles. The Labute approximate surface area is 188 Å². The molecule has 32 heavy (non-hydrogen) atoms. The summed E-state index contributed by atoms with van der Waals surface area (Å²) in [5.41, 5.74) is 10.9. The van der Waals surface area contributed by atoms with Gasteiger partial charge in [0, 0.05) is 5.56 Å². The van der Waals surface area contributed by atoms with Crippen molar-refractivity contribution >= 4 is 36.2 Å².